The monoisotopic (exact) mass is 521 g/mol. The van der Waals surface area contributed by atoms with E-state index in [0.29, 0.717) is 73.0 Å². The molecule has 1 aliphatic heterocycles. The third kappa shape index (κ3) is 5.38. The van der Waals surface area contributed by atoms with Crippen LogP contribution in [0, 0.1) is 18.3 Å². The quantitative estimate of drug-likeness (QED) is 0.474. The molecular formula is C26H25F2N7O3. The van der Waals surface area contributed by atoms with Crippen LogP contribution in [0.2, 0.25) is 0 Å². The number of amides is 1. The predicted octanol–water partition coefficient (Wildman–Crippen LogP) is 3.53. The SMILES string of the molecule is Cc1ncc(NC(=O)c2cnnc(C3(C#N)CC3)c2)cc1-c1cnc(OCC(F)F)c(N2CCOCC2)c1. The molecule has 196 valence electrons. The van der Waals surface area contributed by atoms with Gasteiger partial charge in [-0.2, -0.15) is 15.5 Å². The largest absolute Gasteiger partial charge is 0.470 e. The molecule has 0 atom stereocenters. The molecule has 0 radical (unpaired) electrons. The highest BCUT2D eigenvalue weighted by Gasteiger charge is 2.47. The van der Waals surface area contributed by atoms with Crippen LogP contribution in [-0.2, 0) is 10.2 Å². The van der Waals surface area contributed by atoms with Crippen molar-refractivity contribution >= 4 is 17.3 Å². The van der Waals surface area contributed by atoms with Crippen LogP contribution in [0.3, 0.4) is 0 Å². The molecule has 38 heavy (non-hydrogen) atoms. The summed E-state index contributed by atoms with van der Waals surface area (Å²) >= 11 is 0. The standard InChI is InChI=1S/C26H25F2N7O3/c1-16-20(17-8-21(35-4-6-37-7-5-35)25(31-11-17)38-14-23(27)28)10-19(13-30-16)33-24(36)18-9-22(34-32-12-18)26(15-29)2-3-26/h8-13,23H,2-7,14H2,1H3,(H,33,36). The summed E-state index contributed by atoms with van der Waals surface area (Å²) in [5.74, 6) is -0.285. The van der Waals surface area contributed by atoms with Crippen LogP contribution in [0.5, 0.6) is 5.88 Å². The van der Waals surface area contributed by atoms with E-state index >= 15 is 0 Å². The Balaban J connectivity index is 1.41. The van der Waals surface area contributed by atoms with Crippen molar-refractivity contribution in [2.75, 3.05) is 43.1 Å². The molecule has 0 unspecified atom stereocenters. The summed E-state index contributed by atoms with van der Waals surface area (Å²) < 4.78 is 36.3. The van der Waals surface area contributed by atoms with Gasteiger partial charge in [-0.15, -0.1) is 0 Å². The minimum absolute atomic E-state index is 0.123. The summed E-state index contributed by atoms with van der Waals surface area (Å²) in [6, 6.07) is 7.45. The number of nitrogens with one attached hydrogen (secondary N) is 1. The fourth-order valence-electron chi connectivity index (χ4n) is 4.24. The van der Waals surface area contributed by atoms with Crippen molar-refractivity contribution in [1.29, 1.82) is 5.26 Å². The molecule has 1 N–H and O–H groups in total. The molecule has 3 aromatic heterocycles. The molecule has 5 rings (SSSR count). The average Bonchev–Trinajstić information content (AvgIpc) is 3.75. The van der Waals surface area contributed by atoms with Crippen molar-refractivity contribution in [2.24, 2.45) is 0 Å². The number of carbonyl (C=O) groups is 1. The van der Waals surface area contributed by atoms with Gasteiger partial charge in [0.1, 0.15) is 11.1 Å². The highest BCUT2D eigenvalue weighted by atomic mass is 19.3. The van der Waals surface area contributed by atoms with Crippen LogP contribution in [0.1, 0.15) is 34.6 Å². The topological polar surface area (TPSA) is 126 Å². The van der Waals surface area contributed by atoms with Crippen LogP contribution in [0.25, 0.3) is 11.1 Å². The lowest BCUT2D eigenvalue weighted by Crippen LogP contribution is -2.36. The first-order valence-electron chi connectivity index (χ1n) is 12.1. The number of pyridine rings is 2. The van der Waals surface area contributed by atoms with E-state index in [4.69, 9.17) is 9.47 Å². The smallest absolute Gasteiger partial charge is 0.272 e. The maximum atomic E-state index is 13.0. The van der Waals surface area contributed by atoms with Crippen molar-refractivity contribution in [3.05, 3.63) is 53.7 Å². The van der Waals surface area contributed by atoms with Crippen molar-refractivity contribution in [2.45, 2.75) is 31.6 Å². The van der Waals surface area contributed by atoms with Gasteiger partial charge in [0.25, 0.3) is 12.3 Å². The zero-order chi connectivity index (χ0) is 26.7. The molecule has 12 heteroatoms. The molecule has 4 heterocycles. The van der Waals surface area contributed by atoms with Gasteiger partial charge in [0.05, 0.1) is 48.6 Å². The molecule has 0 bridgehead atoms. The van der Waals surface area contributed by atoms with Gasteiger partial charge in [-0.1, -0.05) is 0 Å². The lowest BCUT2D eigenvalue weighted by Gasteiger charge is -2.30. The van der Waals surface area contributed by atoms with E-state index in [0.717, 1.165) is 0 Å². The number of carbonyl (C=O) groups excluding carboxylic acids is 1. The van der Waals surface area contributed by atoms with Gasteiger partial charge in [0.15, 0.2) is 6.61 Å². The van der Waals surface area contributed by atoms with E-state index in [1.807, 2.05) is 17.9 Å². The van der Waals surface area contributed by atoms with Crippen LogP contribution >= 0.6 is 0 Å². The van der Waals surface area contributed by atoms with Crippen molar-refractivity contribution in [3.8, 4) is 23.1 Å². The maximum Gasteiger partial charge on any atom is 0.272 e. The van der Waals surface area contributed by atoms with Gasteiger partial charge >= 0.3 is 0 Å². The average molecular weight is 522 g/mol. The molecule has 10 nitrogen and oxygen atoms in total. The van der Waals surface area contributed by atoms with Gasteiger partial charge in [-0.25, -0.2) is 13.8 Å². The molecule has 1 aliphatic carbocycles. The van der Waals surface area contributed by atoms with Crippen LogP contribution in [0.4, 0.5) is 20.2 Å². The number of rotatable bonds is 8. The summed E-state index contributed by atoms with van der Waals surface area (Å²) in [4.78, 5) is 23.7. The number of aromatic nitrogens is 4. The minimum Gasteiger partial charge on any atom is -0.470 e. The van der Waals surface area contributed by atoms with Crippen LogP contribution < -0.4 is 15.0 Å². The number of halogens is 2. The number of ether oxygens (including phenoxy) is 2. The molecule has 1 saturated carbocycles. The van der Waals surface area contributed by atoms with E-state index in [1.54, 1.807) is 18.3 Å². The van der Waals surface area contributed by atoms with Gasteiger partial charge < -0.3 is 19.7 Å². The van der Waals surface area contributed by atoms with E-state index in [-0.39, 0.29) is 11.4 Å². The molecule has 1 saturated heterocycles. The van der Waals surface area contributed by atoms with Crippen molar-refractivity contribution in [3.63, 3.8) is 0 Å². The van der Waals surface area contributed by atoms with Crippen LogP contribution in [0.15, 0.2) is 36.8 Å². The Morgan fingerprint density at radius 1 is 1.21 bits per heavy atom. The number of aryl methyl sites for hydroxylation is 1. The van der Waals surface area contributed by atoms with Gasteiger partial charge in [-0.3, -0.25) is 9.78 Å². The number of alkyl halides is 2. The number of nitrogens with zero attached hydrogens (tertiary/aromatic N) is 6. The fraction of sp³-hybridized carbons (Fsp3) is 0.385. The van der Waals surface area contributed by atoms with E-state index in [2.05, 4.69) is 31.6 Å². The third-order valence-electron chi connectivity index (χ3n) is 6.56. The Hall–Kier alpha value is -4.24. The normalized spacial score (nSPS) is 16.1. The lowest BCUT2D eigenvalue weighted by atomic mass is 10.0. The highest BCUT2D eigenvalue weighted by Crippen LogP contribution is 2.46. The zero-order valence-corrected chi connectivity index (χ0v) is 20.7. The predicted molar refractivity (Wildman–Crippen MR) is 133 cm³/mol. The lowest BCUT2D eigenvalue weighted by molar-refractivity contribution is 0.0793. The molecule has 2 fully saturated rings. The van der Waals surface area contributed by atoms with Gasteiger partial charge in [0, 0.05) is 36.1 Å². The first-order valence-corrected chi connectivity index (χ1v) is 12.1. The Morgan fingerprint density at radius 3 is 2.71 bits per heavy atom. The van der Waals surface area contributed by atoms with E-state index < -0.39 is 24.4 Å². The fourth-order valence-corrected chi connectivity index (χ4v) is 4.24. The molecule has 2 aliphatic rings. The number of nitriles is 1. The summed E-state index contributed by atoms with van der Waals surface area (Å²) in [5.41, 5.74) is 3.24. The Morgan fingerprint density at radius 2 is 2.00 bits per heavy atom. The first kappa shape index (κ1) is 25.4. The summed E-state index contributed by atoms with van der Waals surface area (Å²) in [5, 5.41) is 20.2. The Labute approximate surface area is 217 Å². The number of anilines is 2. The third-order valence-corrected chi connectivity index (χ3v) is 6.56. The number of morpholine rings is 1. The van der Waals surface area contributed by atoms with Gasteiger partial charge in [-0.05, 0) is 38.0 Å². The minimum atomic E-state index is -2.62. The second-order valence-corrected chi connectivity index (χ2v) is 9.18. The van der Waals surface area contributed by atoms with Crippen LogP contribution in [-0.4, -0.2) is 65.4 Å². The van der Waals surface area contributed by atoms with Crippen molar-refractivity contribution < 1.29 is 23.0 Å². The second kappa shape index (κ2) is 10.6. The molecule has 1 amide bonds. The maximum absolute atomic E-state index is 13.0. The van der Waals surface area contributed by atoms with Crippen molar-refractivity contribution in [1.82, 2.24) is 20.2 Å². The molecule has 0 aromatic carbocycles. The second-order valence-electron chi connectivity index (χ2n) is 9.18. The Kier molecular flexibility index (Phi) is 7.11. The van der Waals surface area contributed by atoms with Gasteiger partial charge in [0.2, 0.25) is 5.88 Å². The zero-order valence-electron chi connectivity index (χ0n) is 20.7. The highest BCUT2D eigenvalue weighted by molar-refractivity contribution is 6.04. The first-order chi connectivity index (χ1) is 18.4. The Bertz CT molecular complexity index is 1390. The summed E-state index contributed by atoms with van der Waals surface area (Å²) in [6.45, 7) is 3.21. The van der Waals surface area contributed by atoms with E-state index in [9.17, 15) is 18.8 Å². The molecule has 0 spiro atoms. The molecular weight excluding hydrogens is 496 g/mol. The molecule has 3 aromatic rings. The summed E-state index contributed by atoms with van der Waals surface area (Å²) in [6.07, 6.45) is 3.20. The summed E-state index contributed by atoms with van der Waals surface area (Å²) in [7, 11) is 0. The number of hydrogen-bond acceptors (Lipinski definition) is 9. The van der Waals surface area contributed by atoms with E-state index in [1.165, 1.54) is 12.4 Å². The number of hydrogen-bond donors (Lipinski definition) is 1.